The van der Waals surface area contributed by atoms with Gasteiger partial charge in [-0.2, -0.15) is 18.3 Å². The Kier molecular flexibility index (Phi) is 9.36. The summed E-state index contributed by atoms with van der Waals surface area (Å²) in [7, 11) is 0. The Morgan fingerprint density at radius 2 is 1.72 bits per heavy atom. The lowest BCUT2D eigenvalue weighted by Crippen LogP contribution is -2.27. The number of aromatic amines is 1. The number of carbonyl (C=O) groups excluding carboxylic acids is 1. The SMILES string of the molecule is O=C(NCCCNCc1ccccn1)c1cc(-c2ccccc2)[nH]n1.O=C(O)C(F)(F)F. The molecule has 170 valence electrons. The number of carboxylic acids is 1. The summed E-state index contributed by atoms with van der Waals surface area (Å²) in [5, 5.41) is 20.3. The van der Waals surface area contributed by atoms with E-state index in [-0.39, 0.29) is 5.91 Å². The van der Waals surface area contributed by atoms with E-state index < -0.39 is 12.1 Å². The average molecular weight is 449 g/mol. The van der Waals surface area contributed by atoms with Crippen molar-refractivity contribution in [3.8, 4) is 11.3 Å². The Hall–Kier alpha value is -3.73. The van der Waals surface area contributed by atoms with Crippen LogP contribution < -0.4 is 10.6 Å². The monoisotopic (exact) mass is 449 g/mol. The first-order valence-corrected chi connectivity index (χ1v) is 9.57. The zero-order valence-electron chi connectivity index (χ0n) is 16.9. The number of nitrogens with one attached hydrogen (secondary N) is 3. The van der Waals surface area contributed by atoms with Crippen LogP contribution in [0, 0.1) is 0 Å². The number of alkyl halides is 3. The number of hydrogen-bond donors (Lipinski definition) is 4. The van der Waals surface area contributed by atoms with Gasteiger partial charge in [-0.1, -0.05) is 36.4 Å². The highest BCUT2D eigenvalue weighted by Gasteiger charge is 2.38. The summed E-state index contributed by atoms with van der Waals surface area (Å²) in [4.78, 5) is 25.3. The highest BCUT2D eigenvalue weighted by Crippen LogP contribution is 2.16. The van der Waals surface area contributed by atoms with Crippen molar-refractivity contribution in [1.82, 2.24) is 25.8 Å². The number of benzene rings is 1. The first-order valence-electron chi connectivity index (χ1n) is 9.57. The van der Waals surface area contributed by atoms with E-state index in [0.29, 0.717) is 12.2 Å². The molecule has 3 rings (SSSR count). The molecule has 2 aromatic heterocycles. The van der Waals surface area contributed by atoms with Crippen LogP contribution in [0.1, 0.15) is 22.6 Å². The third-order valence-electron chi connectivity index (χ3n) is 3.99. The molecule has 0 atom stereocenters. The zero-order valence-corrected chi connectivity index (χ0v) is 16.9. The molecule has 0 fully saturated rings. The zero-order chi connectivity index (χ0) is 23.4. The number of amides is 1. The van der Waals surface area contributed by atoms with Crippen molar-refractivity contribution < 1.29 is 27.9 Å². The number of pyridine rings is 1. The van der Waals surface area contributed by atoms with Gasteiger partial charge in [0, 0.05) is 19.3 Å². The number of aliphatic carboxylic acids is 1. The molecule has 0 spiro atoms. The minimum absolute atomic E-state index is 0.164. The second-order valence-corrected chi connectivity index (χ2v) is 6.44. The van der Waals surface area contributed by atoms with Crippen LogP contribution in [0.3, 0.4) is 0 Å². The Bertz CT molecular complexity index is 979. The van der Waals surface area contributed by atoms with Crippen LogP contribution in [-0.2, 0) is 11.3 Å². The van der Waals surface area contributed by atoms with Crippen LogP contribution in [0.5, 0.6) is 0 Å². The molecule has 0 saturated carbocycles. The highest BCUT2D eigenvalue weighted by atomic mass is 19.4. The maximum absolute atomic E-state index is 12.1. The van der Waals surface area contributed by atoms with Gasteiger partial charge in [0.05, 0.1) is 11.4 Å². The van der Waals surface area contributed by atoms with E-state index >= 15 is 0 Å². The molecule has 0 aliphatic carbocycles. The first kappa shape index (κ1) is 24.5. The molecule has 1 aromatic carbocycles. The van der Waals surface area contributed by atoms with E-state index in [2.05, 4.69) is 25.8 Å². The Morgan fingerprint density at radius 1 is 1.03 bits per heavy atom. The van der Waals surface area contributed by atoms with Gasteiger partial charge < -0.3 is 15.7 Å². The van der Waals surface area contributed by atoms with Crippen LogP contribution in [0.4, 0.5) is 13.2 Å². The van der Waals surface area contributed by atoms with Gasteiger partial charge in [-0.25, -0.2) is 4.79 Å². The summed E-state index contributed by atoms with van der Waals surface area (Å²) in [6.45, 7) is 2.14. The molecule has 0 bridgehead atoms. The fraction of sp³-hybridized carbons (Fsp3) is 0.238. The number of hydrogen-bond acceptors (Lipinski definition) is 5. The molecule has 8 nitrogen and oxygen atoms in total. The first-order chi connectivity index (χ1) is 15.3. The van der Waals surface area contributed by atoms with Gasteiger partial charge in [-0.05, 0) is 36.7 Å². The molecule has 4 N–H and O–H groups in total. The predicted octanol–water partition coefficient (Wildman–Crippen LogP) is 3.01. The molecule has 32 heavy (non-hydrogen) atoms. The van der Waals surface area contributed by atoms with Crippen molar-refractivity contribution in [2.75, 3.05) is 13.1 Å². The molecule has 0 unspecified atom stereocenters. The van der Waals surface area contributed by atoms with Gasteiger partial charge in [0.1, 0.15) is 0 Å². The second kappa shape index (κ2) is 12.2. The lowest BCUT2D eigenvalue weighted by atomic mass is 10.1. The van der Waals surface area contributed by atoms with Gasteiger partial charge in [0.2, 0.25) is 0 Å². The molecule has 0 saturated heterocycles. The average Bonchev–Trinajstić information content (AvgIpc) is 3.28. The van der Waals surface area contributed by atoms with Crippen molar-refractivity contribution in [1.29, 1.82) is 0 Å². The number of H-pyrrole nitrogens is 1. The molecule has 2 heterocycles. The maximum atomic E-state index is 12.1. The second-order valence-electron chi connectivity index (χ2n) is 6.44. The highest BCUT2D eigenvalue weighted by molar-refractivity contribution is 5.93. The van der Waals surface area contributed by atoms with Gasteiger partial charge >= 0.3 is 12.1 Å². The van der Waals surface area contributed by atoms with Crippen LogP contribution >= 0.6 is 0 Å². The third kappa shape index (κ3) is 8.56. The van der Waals surface area contributed by atoms with Crippen molar-refractivity contribution in [3.05, 3.63) is 72.2 Å². The van der Waals surface area contributed by atoms with Crippen LogP contribution in [0.2, 0.25) is 0 Å². The summed E-state index contributed by atoms with van der Waals surface area (Å²) in [5.41, 5.74) is 3.26. The largest absolute Gasteiger partial charge is 0.490 e. The normalized spacial score (nSPS) is 10.7. The predicted molar refractivity (Wildman–Crippen MR) is 111 cm³/mol. The summed E-state index contributed by atoms with van der Waals surface area (Å²) in [6.07, 6.45) is -2.46. The van der Waals surface area contributed by atoms with Crippen molar-refractivity contribution >= 4 is 11.9 Å². The number of halogens is 3. The van der Waals surface area contributed by atoms with E-state index in [1.54, 1.807) is 12.3 Å². The maximum Gasteiger partial charge on any atom is 0.490 e. The summed E-state index contributed by atoms with van der Waals surface area (Å²) in [5.74, 6) is -2.92. The fourth-order valence-electron chi connectivity index (χ4n) is 2.43. The Labute approximate surface area is 181 Å². The van der Waals surface area contributed by atoms with Gasteiger partial charge in [0.15, 0.2) is 5.69 Å². The molecular formula is C21H22F3N5O3. The van der Waals surface area contributed by atoms with Gasteiger partial charge in [0.25, 0.3) is 5.91 Å². The number of carbonyl (C=O) groups is 2. The standard InChI is InChI=1S/C19H21N5O.C2HF3O2/c25-19(18-13-17(23-24-18)15-7-2-1-3-8-15)22-12-6-10-20-14-16-9-4-5-11-21-16;3-2(4,5)1(6)7/h1-5,7-9,11,13,20H,6,10,12,14H2,(H,22,25)(H,23,24);(H,6,7). The number of rotatable bonds is 8. The molecule has 0 radical (unpaired) electrons. The minimum Gasteiger partial charge on any atom is -0.475 e. The van der Waals surface area contributed by atoms with E-state index in [1.807, 2.05) is 48.5 Å². The van der Waals surface area contributed by atoms with Gasteiger partial charge in [-0.15, -0.1) is 0 Å². The molecule has 0 aliphatic heterocycles. The quantitative estimate of drug-likeness (QED) is 0.393. The topological polar surface area (TPSA) is 120 Å². The summed E-state index contributed by atoms with van der Waals surface area (Å²) >= 11 is 0. The van der Waals surface area contributed by atoms with Crippen molar-refractivity contribution in [2.45, 2.75) is 19.1 Å². The molecule has 1 amide bonds. The third-order valence-corrected chi connectivity index (χ3v) is 3.99. The van der Waals surface area contributed by atoms with E-state index in [0.717, 1.165) is 36.5 Å². The van der Waals surface area contributed by atoms with E-state index in [4.69, 9.17) is 9.90 Å². The Balaban J connectivity index is 0.000000451. The lowest BCUT2D eigenvalue weighted by molar-refractivity contribution is -0.192. The molecule has 11 heteroatoms. The van der Waals surface area contributed by atoms with Gasteiger partial charge in [-0.3, -0.25) is 14.9 Å². The summed E-state index contributed by atoms with van der Waals surface area (Å²) in [6, 6.07) is 17.4. The molecule has 0 aliphatic rings. The minimum atomic E-state index is -5.08. The lowest BCUT2D eigenvalue weighted by Gasteiger charge is -2.05. The van der Waals surface area contributed by atoms with E-state index in [1.165, 1.54) is 0 Å². The van der Waals surface area contributed by atoms with Crippen LogP contribution in [0.25, 0.3) is 11.3 Å². The number of aromatic nitrogens is 3. The number of nitrogens with zero attached hydrogens (tertiary/aromatic N) is 2. The Morgan fingerprint density at radius 3 is 2.34 bits per heavy atom. The summed E-state index contributed by atoms with van der Waals surface area (Å²) < 4.78 is 31.7. The van der Waals surface area contributed by atoms with Crippen LogP contribution in [-0.4, -0.2) is 51.4 Å². The van der Waals surface area contributed by atoms with Crippen molar-refractivity contribution in [2.24, 2.45) is 0 Å². The van der Waals surface area contributed by atoms with Crippen molar-refractivity contribution in [3.63, 3.8) is 0 Å². The fourth-order valence-corrected chi connectivity index (χ4v) is 2.43. The molecule has 3 aromatic rings. The van der Waals surface area contributed by atoms with E-state index in [9.17, 15) is 18.0 Å². The van der Waals surface area contributed by atoms with Crippen LogP contribution in [0.15, 0.2) is 60.8 Å². The number of carboxylic acid groups (broad SMARTS) is 1. The smallest absolute Gasteiger partial charge is 0.475 e. The molecular weight excluding hydrogens is 427 g/mol.